The topological polar surface area (TPSA) is 92.2 Å². The van der Waals surface area contributed by atoms with Crippen LogP contribution in [-0.4, -0.2) is 45.3 Å². The summed E-state index contributed by atoms with van der Waals surface area (Å²) in [6.07, 6.45) is 3.50. The summed E-state index contributed by atoms with van der Waals surface area (Å²) in [6.45, 7) is 1.12. The summed E-state index contributed by atoms with van der Waals surface area (Å²) in [5, 5.41) is 10.0. The van der Waals surface area contributed by atoms with Crippen molar-refractivity contribution in [1.29, 1.82) is 0 Å². The lowest BCUT2D eigenvalue weighted by atomic mass is 10.1. The fraction of sp³-hybridized carbons (Fsp3) is 0.412. The fourth-order valence-electron chi connectivity index (χ4n) is 3.43. The Morgan fingerprint density at radius 2 is 1.92 bits per heavy atom. The minimum atomic E-state index is -0.235. The maximum atomic E-state index is 12.3. The SMILES string of the molecule is O=C(N[C@@H]1CC(=O)N(c2ccccc2)C1)N[C@H]1CCc2ncnn2C1. The van der Waals surface area contributed by atoms with Gasteiger partial charge in [-0.25, -0.2) is 14.5 Å². The molecular weight excluding hydrogens is 320 g/mol. The number of carbonyl (C=O) groups excluding carboxylic acids is 2. The van der Waals surface area contributed by atoms with Crippen LogP contribution in [0.3, 0.4) is 0 Å². The number of aromatic nitrogens is 3. The zero-order valence-corrected chi connectivity index (χ0v) is 13.8. The maximum Gasteiger partial charge on any atom is 0.315 e. The predicted molar refractivity (Wildman–Crippen MR) is 91.0 cm³/mol. The lowest BCUT2D eigenvalue weighted by Crippen LogP contribution is -2.49. The number of nitrogens with zero attached hydrogens (tertiary/aromatic N) is 4. The van der Waals surface area contributed by atoms with Crippen molar-refractivity contribution in [1.82, 2.24) is 25.4 Å². The molecule has 8 heteroatoms. The van der Waals surface area contributed by atoms with Gasteiger partial charge in [-0.1, -0.05) is 18.2 Å². The number of rotatable bonds is 3. The molecule has 4 rings (SSSR count). The van der Waals surface area contributed by atoms with Gasteiger partial charge in [-0.05, 0) is 18.6 Å². The summed E-state index contributed by atoms with van der Waals surface area (Å²) in [7, 11) is 0. The molecule has 2 N–H and O–H groups in total. The average Bonchev–Trinajstić information content (AvgIpc) is 3.21. The number of nitrogens with one attached hydrogen (secondary N) is 2. The molecule has 2 atom stereocenters. The van der Waals surface area contributed by atoms with Crippen molar-refractivity contribution in [2.24, 2.45) is 0 Å². The van der Waals surface area contributed by atoms with Crippen LogP contribution in [0.4, 0.5) is 10.5 Å². The zero-order valence-electron chi connectivity index (χ0n) is 13.8. The van der Waals surface area contributed by atoms with Gasteiger partial charge in [0.15, 0.2) is 0 Å². The van der Waals surface area contributed by atoms with Gasteiger partial charge >= 0.3 is 6.03 Å². The molecule has 2 aliphatic heterocycles. The van der Waals surface area contributed by atoms with E-state index in [1.165, 1.54) is 0 Å². The van der Waals surface area contributed by atoms with E-state index in [1.807, 2.05) is 35.0 Å². The monoisotopic (exact) mass is 340 g/mol. The molecule has 3 heterocycles. The second-order valence-corrected chi connectivity index (χ2v) is 6.45. The molecule has 0 unspecified atom stereocenters. The van der Waals surface area contributed by atoms with Gasteiger partial charge in [-0.2, -0.15) is 5.10 Å². The molecule has 8 nitrogen and oxygen atoms in total. The normalized spacial score (nSPS) is 22.6. The Kier molecular flexibility index (Phi) is 4.09. The number of anilines is 1. The minimum Gasteiger partial charge on any atom is -0.334 e. The van der Waals surface area contributed by atoms with E-state index in [0.29, 0.717) is 19.5 Å². The van der Waals surface area contributed by atoms with E-state index in [2.05, 4.69) is 20.7 Å². The first-order chi connectivity index (χ1) is 12.2. The van der Waals surface area contributed by atoms with Crippen LogP contribution in [0.25, 0.3) is 0 Å². The van der Waals surface area contributed by atoms with Crippen LogP contribution in [-0.2, 0) is 17.8 Å². The molecular formula is C17H20N6O2. The van der Waals surface area contributed by atoms with Gasteiger partial charge in [-0.15, -0.1) is 0 Å². The highest BCUT2D eigenvalue weighted by atomic mass is 16.2. The molecule has 2 aromatic rings. The van der Waals surface area contributed by atoms with Crippen LogP contribution in [0.2, 0.25) is 0 Å². The van der Waals surface area contributed by atoms with Crippen LogP contribution < -0.4 is 15.5 Å². The Morgan fingerprint density at radius 1 is 1.12 bits per heavy atom. The van der Waals surface area contributed by atoms with Gasteiger partial charge < -0.3 is 15.5 Å². The number of carbonyl (C=O) groups is 2. The Bertz CT molecular complexity index is 774. The first kappa shape index (κ1) is 15.6. The molecule has 3 amide bonds. The second kappa shape index (κ2) is 6.54. The van der Waals surface area contributed by atoms with Gasteiger partial charge in [0.05, 0.1) is 18.6 Å². The van der Waals surface area contributed by atoms with E-state index in [1.54, 1.807) is 11.2 Å². The summed E-state index contributed by atoms with van der Waals surface area (Å²) in [6, 6.07) is 9.12. The average molecular weight is 340 g/mol. The van der Waals surface area contributed by atoms with Gasteiger partial charge in [0.25, 0.3) is 0 Å². The van der Waals surface area contributed by atoms with E-state index in [-0.39, 0.29) is 24.0 Å². The third kappa shape index (κ3) is 3.33. The number of fused-ring (bicyclic) bond motifs is 1. The maximum absolute atomic E-state index is 12.3. The Labute approximate surface area is 145 Å². The second-order valence-electron chi connectivity index (χ2n) is 6.45. The van der Waals surface area contributed by atoms with Gasteiger partial charge in [0, 0.05) is 25.1 Å². The molecule has 1 aromatic heterocycles. The summed E-state index contributed by atoms with van der Waals surface area (Å²) < 4.78 is 1.82. The van der Waals surface area contributed by atoms with Crippen molar-refractivity contribution < 1.29 is 9.59 Å². The van der Waals surface area contributed by atoms with Crippen molar-refractivity contribution in [2.45, 2.75) is 37.9 Å². The Morgan fingerprint density at radius 3 is 2.76 bits per heavy atom. The number of amides is 3. The highest BCUT2D eigenvalue weighted by Crippen LogP contribution is 2.21. The molecule has 0 bridgehead atoms. The van der Waals surface area contributed by atoms with Crippen molar-refractivity contribution in [3.05, 3.63) is 42.5 Å². The third-order valence-electron chi connectivity index (χ3n) is 4.67. The van der Waals surface area contributed by atoms with E-state index < -0.39 is 0 Å². The van der Waals surface area contributed by atoms with Crippen molar-refractivity contribution in [3.63, 3.8) is 0 Å². The number of urea groups is 1. The van der Waals surface area contributed by atoms with Crippen LogP contribution in [0.1, 0.15) is 18.7 Å². The Hall–Kier alpha value is -2.90. The predicted octanol–water partition coefficient (Wildman–Crippen LogP) is 0.698. The molecule has 0 saturated carbocycles. The van der Waals surface area contributed by atoms with Gasteiger partial charge in [0.2, 0.25) is 5.91 Å². The van der Waals surface area contributed by atoms with Crippen LogP contribution in [0.15, 0.2) is 36.7 Å². The largest absolute Gasteiger partial charge is 0.334 e. The van der Waals surface area contributed by atoms with Gasteiger partial charge in [0.1, 0.15) is 12.2 Å². The number of para-hydroxylation sites is 1. The number of hydrogen-bond donors (Lipinski definition) is 2. The third-order valence-corrected chi connectivity index (χ3v) is 4.67. The van der Waals surface area contributed by atoms with Crippen molar-refractivity contribution in [3.8, 4) is 0 Å². The van der Waals surface area contributed by atoms with E-state index >= 15 is 0 Å². The lowest BCUT2D eigenvalue weighted by molar-refractivity contribution is -0.117. The molecule has 25 heavy (non-hydrogen) atoms. The van der Waals surface area contributed by atoms with E-state index in [0.717, 1.165) is 24.4 Å². The Balaban J connectivity index is 1.31. The quantitative estimate of drug-likeness (QED) is 0.860. The van der Waals surface area contributed by atoms with Crippen LogP contribution >= 0.6 is 0 Å². The minimum absolute atomic E-state index is 0.0246. The molecule has 0 aliphatic carbocycles. The fourth-order valence-corrected chi connectivity index (χ4v) is 3.43. The molecule has 2 aliphatic rings. The summed E-state index contributed by atoms with van der Waals surface area (Å²) in [5.74, 6) is 0.986. The first-order valence-corrected chi connectivity index (χ1v) is 8.48. The smallest absolute Gasteiger partial charge is 0.315 e. The van der Waals surface area contributed by atoms with E-state index in [4.69, 9.17) is 0 Å². The molecule has 1 saturated heterocycles. The molecule has 0 spiro atoms. The van der Waals surface area contributed by atoms with Crippen molar-refractivity contribution in [2.75, 3.05) is 11.4 Å². The lowest BCUT2D eigenvalue weighted by Gasteiger charge is -2.24. The highest BCUT2D eigenvalue weighted by molar-refractivity contribution is 5.96. The summed E-state index contributed by atoms with van der Waals surface area (Å²) in [4.78, 5) is 30.4. The zero-order chi connectivity index (χ0) is 17.2. The molecule has 1 fully saturated rings. The number of hydrogen-bond acceptors (Lipinski definition) is 4. The molecule has 1 aromatic carbocycles. The number of aryl methyl sites for hydroxylation is 1. The molecule has 130 valence electrons. The van der Waals surface area contributed by atoms with Gasteiger partial charge in [-0.3, -0.25) is 4.79 Å². The summed E-state index contributed by atoms with van der Waals surface area (Å²) in [5.41, 5.74) is 0.864. The number of benzene rings is 1. The van der Waals surface area contributed by atoms with Crippen LogP contribution in [0.5, 0.6) is 0 Å². The van der Waals surface area contributed by atoms with E-state index in [9.17, 15) is 9.59 Å². The standard InChI is InChI=1S/C17H20N6O2/c24-16-8-13(9-22(16)14-4-2-1-3-5-14)21-17(25)20-12-6-7-15-18-11-19-23(15)10-12/h1-5,11-13H,6-10H2,(H2,20,21,25)/t12-,13+/m0/s1. The molecule has 0 radical (unpaired) electrons. The summed E-state index contributed by atoms with van der Waals surface area (Å²) >= 11 is 0. The van der Waals surface area contributed by atoms with Crippen molar-refractivity contribution >= 4 is 17.6 Å². The van der Waals surface area contributed by atoms with Crippen LogP contribution in [0, 0.1) is 0 Å². The first-order valence-electron chi connectivity index (χ1n) is 8.48. The highest BCUT2D eigenvalue weighted by Gasteiger charge is 2.32.